The molecule has 8 heteroatoms. The molecule has 0 fully saturated rings. The van der Waals surface area contributed by atoms with Crippen LogP contribution in [-0.4, -0.2) is 46.3 Å². The van der Waals surface area contributed by atoms with Gasteiger partial charge in [0.15, 0.2) is 5.96 Å². The molecule has 0 spiro atoms. The summed E-state index contributed by atoms with van der Waals surface area (Å²) in [4.78, 5) is 21.3. The Labute approximate surface area is 179 Å². The SMILES string of the molecule is CCC(CC)(CNC(=NC)NCc1nc2ccccc2n1C)NC(=O)OC(C)(C)C. The molecule has 0 saturated heterocycles. The van der Waals surface area contributed by atoms with Gasteiger partial charge in [-0.25, -0.2) is 9.78 Å². The Morgan fingerprint density at radius 3 is 2.40 bits per heavy atom. The highest BCUT2D eigenvalue weighted by Gasteiger charge is 2.30. The van der Waals surface area contributed by atoms with Gasteiger partial charge in [-0.15, -0.1) is 0 Å². The van der Waals surface area contributed by atoms with Gasteiger partial charge in [0.2, 0.25) is 0 Å². The lowest BCUT2D eigenvalue weighted by Gasteiger charge is -2.34. The largest absolute Gasteiger partial charge is 0.444 e. The molecular weight excluding hydrogens is 380 g/mol. The Hall–Kier alpha value is -2.77. The van der Waals surface area contributed by atoms with Crippen molar-refractivity contribution < 1.29 is 9.53 Å². The van der Waals surface area contributed by atoms with Crippen molar-refractivity contribution in [1.29, 1.82) is 0 Å². The van der Waals surface area contributed by atoms with E-state index in [9.17, 15) is 4.79 Å². The maximum atomic E-state index is 12.3. The molecule has 2 aromatic rings. The van der Waals surface area contributed by atoms with Crippen molar-refractivity contribution in [3.8, 4) is 0 Å². The average molecular weight is 417 g/mol. The van der Waals surface area contributed by atoms with Crippen LogP contribution in [0.25, 0.3) is 11.0 Å². The first-order valence-corrected chi connectivity index (χ1v) is 10.5. The van der Waals surface area contributed by atoms with E-state index in [1.807, 2.05) is 46.0 Å². The van der Waals surface area contributed by atoms with Crippen molar-refractivity contribution in [2.75, 3.05) is 13.6 Å². The number of fused-ring (bicyclic) bond motifs is 1. The van der Waals surface area contributed by atoms with E-state index in [4.69, 9.17) is 4.74 Å². The van der Waals surface area contributed by atoms with Gasteiger partial charge in [-0.2, -0.15) is 0 Å². The fourth-order valence-electron chi connectivity index (χ4n) is 3.23. The Bertz CT molecular complexity index is 877. The summed E-state index contributed by atoms with van der Waals surface area (Å²) in [6.07, 6.45) is 1.12. The second kappa shape index (κ2) is 9.82. The normalized spacial score (nSPS) is 12.7. The predicted molar refractivity (Wildman–Crippen MR) is 122 cm³/mol. The molecule has 0 bridgehead atoms. The van der Waals surface area contributed by atoms with Gasteiger partial charge in [0.25, 0.3) is 0 Å². The molecule has 30 heavy (non-hydrogen) atoms. The van der Waals surface area contributed by atoms with Gasteiger partial charge in [-0.05, 0) is 45.7 Å². The van der Waals surface area contributed by atoms with Gasteiger partial charge in [0.05, 0.1) is 23.1 Å². The molecule has 0 saturated carbocycles. The molecular formula is C22H36N6O2. The predicted octanol–water partition coefficient (Wildman–Crippen LogP) is 3.32. The maximum absolute atomic E-state index is 12.3. The van der Waals surface area contributed by atoms with Crippen molar-refractivity contribution in [3.63, 3.8) is 0 Å². The molecule has 166 valence electrons. The van der Waals surface area contributed by atoms with Gasteiger partial charge < -0.3 is 25.3 Å². The number of aryl methyl sites for hydroxylation is 1. The summed E-state index contributed by atoms with van der Waals surface area (Å²) in [5.41, 5.74) is 1.10. The average Bonchev–Trinajstić information content (AvgIpc) is 3.01. The number of para-hydroxylation sites is 2. The lowest BCUT2D eigenvalue weighted by Crippen LogP contribution is -2.57. The number of carbonyl (C=O) groups excluding carboxylic acids is 1. The molecule has 8 nitrogen and oxygen atoms in total. The van der Waals surface area contributed by atoms with Crippen LogP contribution in [0.5, 0.6) is 0 Å². The summed E-state index contributed by atoms with van der Waals surface area (Å²) in [5, 5.41) is 9.69. The van der Waals surface area contributed by atoms with E-state index in [0.717, 1.165) is 29.7 Å². The Kier molecular flexibility index (Phi) is 7.70. The number of rotatable bonds is 7. The summed E-state index contributed by atoms with van der Waals surface area (Å²) in [6, 6.07) is 8.05. The first kappa shape index (κ1) is 23.5. The summed E-state index contributed by atoms with van der Waals surface area (Å²) < 4.78 is 7.51. The van der Waals surface area contributed by atoms with Gasteiger partial charge in [-0.1, -0.05) is 26.0 Å². The van der Waals surface area contributed by atoms with Crippen LogP contribution in [0.4, 0.5) is 4.79 Å². The maximum Gasteiger partial charge on any atom is 0.408 e. The number of ether oxygens (including phenoxy) is 1. The number of alkyl carbamates (subject to hydrolysis) is 1. The molecule has 1 amide bonds. The van der Waals surface area contributed by atoms with E-state index < -0.39 is 17.2 Å². The summed E-state index contributed by atoms with van der Waals surface area (Å²) >= 11 is 0. The molecule has 1 heterocycles. The zero-order valence-electron chi connectivity index (χ0n) is 19.3. The van der Waals surface area contributed by atoms with Crippen LogP contribution in [0.3, 0.4) is 0 Å². The standard InChI is InChI=1S/C22H36N6O2/c1-8-22(9-2,27-20(29)30-21(3,4)5)15-25-19(23-6)24-14-18-26-16-12-10-11-13-17(16)28(18)7/h10-13H,8-9,14-15H2,1-7H3,(H,27,29)(H2,23,24,25). The van der Waals surface area contributed by atoms with Crippen molar-refractivity contribution in [1.82, 2.24) is 25.5 Å². The number of amides is 1. The topological polar surface area (TPSA) is 92.6 Å². The number of benzene rings is 1. The molecule has 0 atom stereocenters. The van der Waals surface area contributed by atoms with Crippen molar-refractivity contribution in [2.24, 2.45) is 12.0 Å². The first-order valence-electron chi connectivity index (χ1n) is 10.5. The minimum absolute atomic E-state index is 0.407. The lowest BCUT2D eigenvalue weighted by atomic mass is 9.93. The van der Waals surface area contributed by atoms with Crippen LogP contribution in [0.15, 0.2) is 29.3 Å². The quantitative estimate of drug-likeness (QED) is 0.476. The van der Waals surface area contributed by atoms with E-state index in [1.165, 1.54) is 0 Å². The van der Waals surface area contributed by atoms with Crippen LogP contribution in [0.1, 0.15) is 53.3 Å². The van der Waals surface area contributed by atoms with Crippen LogP contribution >= 0.6 is 0 Å². The Morgan fingerprint density at radius 2 is 1.83 bits per heavy atom. The highest BCUT2D eigenvalue weighted by atomic mass is 16.6. The number of imidazole rings is 1. The fourth-order valence-corrected chi connectivity index (χ4v) is 3.23. The number of guanidine groups is 1. The molecule has 0 unspecified atom stereocenters. The van der Waals surface area contributed by atoms with E-state index in [1.54, 1.807) is 7.05 Å². The van der Waals surface area contributed by atoms with Gasteiger partial charge in [-0.3, -0.25) is 4.99 Å². The molecule has 1 aromatic carbocycles. The van der Waals surface area contributed by atoms with Crippen LogP contribution in [0, 0.1) is 0 Å². The summed E-state index contributed by atoms with van der Waals surface area (Å²) in [5.74, 6) is 1.57. The third kappa shape index (κ3) is 6.11. The van der Waals surface area contributed by atoms with Crippen LogP contribution in [0.2, 0.25) is 0 Å². The third-order valence-corrected chi connectivity index (χ3v) is 5.23. The van der Waals surface area contributed by atoms with Gasteiger partial charge >= 0.3 is 6.09 Å². The van der Waals surface area contributed by atoms with Crippen LogP contribution in [-0.2, 0) is 18.3 Å². The highest BCUT2D eigenvalue weighted by Crippen LogP contribution is 2.17. The van der Waals surface area contributed by atoms with E-state index >= 15 is 0 Å². The monoisotopic (exact) mass is 416 g/mol. The minimum Gasteiger partial charge on any atom is -0.444 e. The number of aliphatic imine (C=N–C) groups is 1. The summed E-state index contributed by atoms with van der Waals surface area (Å²) in [6.45, 7) is 10.7. The second-order valence-corrected chi connectivity index (χ2v) is 8.47. The zero-order valence-corrected chi connectivity index (χ0v) is 19.3. The Balaban J connectivity index is 1.99. The fraction of sp³-hybridized carbons (Fsp3) is 0.591. The highest BCUT2D eigenvalue weighted by molar-refractivity contribution is 5.80. The molecule has 2 rings (SSSR count). The van der Waals surface area contributed by atoms with Crippen LogP contribution < -0.4 is 16.0 Å². The smallest absolute Gasteiger partial charge is 0.408 e. The van der Waals surface area contributed by atoms with E-state index in [2.05, 4.69) is 50.4 Å². The zero-order chi connectivity index (χ0) is 22.4. The van der Waals surface area contributed by atoms with Crippen molar-refractivity contribution >= 4 is 23.1 Å². The first-order chi connectivity index (χ1) is 14.1. The number of hydrogen-bond acceptors (Lipinski definition) is 4. The molecule has 3 N–H and O–H groups in total. The van der Waals surface area contributed by atoms with Gasteiger partial charge in [0, 0.05) is 20.6 Å². The third-order valence-electron chi connectivity index (χ3n) is 5.23. The number of nitrogens with zero attached hydrogens (tertiary/aromatic N) is 3. The minimum atomic E-state index is -0.534. The van der Waals surface area contributed by atoms with Gasteiger partial charge in [0.1, 0.15) is 11.4 Å². The lowest BCUT2D eigenvalue weighted by molar-refractivity contribution is 0.0448. The molecule has 0 aliphatic heterocycles. The van der Waals surface area contributed by atoms with E-state index in [-0.39, 0.29) is 0 Å². The Morgan fingerprint density at radius 1 is 1.17 bits per heavy atom. The second-order valence-electron chi connectivity index (χ2n) is 8.47. The number of hydrogen-bond donors (Lipinski definition) is 3. The number of nitrogens with one attached hydrogen (secondary N) is 3. The number of carbonyl (C=O) groups is 1. The van der Waals surface area contributed by atoms with E-state index in [0.29, 0.717) is 19.0 Å². The molecule has 0 radical (unpaired) electrons. The number of aromatic nitrogens is 2. The molecule has 0 aliphatic rings. The summed E-state index contributed by atoms with van der Waals surface area (Å²) in [7, 11) is 3.73. The van der Waals surface area contributed by atoms with Crippen molar-refractivity contribution in [3.05, 3.63) is 30.1 Å². The van der Waals surface area contributed by atoms with Crippen molar-refractivity contribution in [2.45, 2.75) is 65.1 Å². The molecule has 0 aliphatic carbocycles. The molecule has 1 aromatic heterocycles.